The van der Waals surface area contributed by atoms with Crippen LogP contribution in [0.5, 0.6) is 0 Å². The topological polar surface area (TPSA) is 29.1 Å². The van der Waals surface area contributed by atoms with Gasteiger partial charge in [-0.15, -0.1) is 6.42 Å². The van der Waals surface area contributed by atoms with Crippen LogP contribution in [0.15, 0.2) is 18.2 Å². The van der Waals surface area contributed by atoms with Crippen LogP contribution in [0.1, 0.15) is 10.4 Å². The van der Waals surface area contributed by atoms with E-state index in [0.29, 0.717) is 0 Å². The van der Waals surface area contributed by atoms with Crippen LogP contribution in [0.4, 0.5) is 8.78 Å². The van der Waals surface area contributed by atoms with E-state index in [1.54, 1.807) is 0 Å². The minimum atomic E-state index is -1.06. The zero-order valence-electron chi connectivity index (χ0n) is 7.18. The number of carbonyl (C=O) groups excluding carboxylic acids is 1. The van der Waals surface area contributed by atoms with Crippen LogP contribution in [0, 0.1) is 24.0 Å². The van der Waals surface area contributed by atoms with E-state index in [0.717, 1.165) is 12.1 Å². The van der Waals surface area contributed by atoms with Gasteiger partial charge in [-0.3, -0.25) is 4.79 Å². The molecule has 1 aromatic rings. The van der Waals surface area contributed by atoms with Crippen molar-refractivity contribution < 1.29 is 13.6 Å². The molecule has 0 atom stereocenters. The number of halogens is 2. The van der Waals surface area contributed by atoms with Crippen LogP contribution in [0.25, 0.3) is 0 Å². The van der Waals surface area contributed by atoms with Gasteiger partial charge in [0.1, 0.15) is 0 Å². The molecular weight excluding hydrogens is 188 g/mol. The van der Waals surface area contributed by atoms with Gasteiger partial charge >= 0.3 is 0 Å². The first kappa shape index (κ1) is 10.2. The maximum absolute atomic E-state index is 12.7. The van der Waals surface area contributed by atoms with Gasteiger partial charge in [-0.1, -0.05) is 5.92 Å². The number of nitrogens with one attached hydrogen (secondary N) is 1. The van der Waals surface area contributed by atoms with Gasteiger partial charge in [0.05, 0.1) is 6.54 Å². The van der Waals surface area contributed by atoms with Crippen LogP contribution in [0.2, 0.25) is 0 Å². The zero-order valence-corrected chi connectivity index (χ0v) is 7.18. The Morgan fingerprint density at radius 1 is 1.43 bits per heavy atom. The van der Waals surface area contributed by atoms with Gasteiger partial charge in [-0.05, 0) is 18.2 Å². The Hall–Kier alpha value is -1.89. The van der Waals surface area contributed by atoms with Gasteiger partial charge in [-0.25, -0.2) is 8.78 Å². The number of terminal acetylenes is 1. The third kappa shape index (κ3) is 2.30. The van der Waals surface area contributed by atoms with Crippen LogP contribution in [0.3, 0.4) is 0 Å². The smallest absolute Gasteiger partial charge is 0.252 e. The molecule has 72 valence electrons. The van der Waals surface area contributed by atoms with Crippen LogP contribution in [-0.4, -0.2) is 12.5 Å². The van der Waals surface area contributed by atoms with Crippen molar-refractivity contribution in [2.24, 2.45) is 0 Å². The molecule has 0 bridgehead atoms. The summed E-state index contributed by atoms with van der Waals surface area (Å²) in [7, 11) is 0. The van der Waals surface area contributed by atoms with Crippen molar-refractivity contribution in [2.45, 2.75) is 0 Å². The Morgan fingerprint density at radius 3 is 2.71 bits per heavy atom. The van der Waals surface area contributed by atoms with Gasteiger partial charge < -0.3 is 5.32 Å². The summed E-state index contributed by atoms with van der Waals surface area (Å²) >= 11 is 0. The highest BCUT2D eigenvalue weighted by Gasteiger charge is 2.08. The molecule has 2 nitrogen and oxygen atoms in total. The molecule has 1 rings (SSSR count). The molecular formula is C10H7F2NO. The number of rotatable bonds is 2. The molecule has 0 saturated carbocycles. The minimum Gasteiger partial charge on any atom is -0.341 e. The predicted octanol–water partition coefficient (Wildman–Crippen LogP) is 1.33. The molecule has 0 aliphatic carbocycles. The van der Waals surface area contributed by atoms with Gasteiger partial charge in [-0.2, -0.15) is 0 Å². The number of carbonyl (C=O) groups is 1. The normalized spacial score (nSPS) is 9.21. The fourth-order valence-corrected chi connectivity index (χ4v) is 0.871. The lowest BCUT2D eigenvalue weighted by Crippen LogP contribution is -2.23. The van der Waals surface area contributed by atoms with Crippen LogP contribution in [-0.2, 0) is 0 Å². The van der Waals surface area contributed by atoms with E-state index in [1.165, 1.54) is 6.07 Å². The van der Waals surface area contributed by atoms with Crippen LogP contribution < -0.4 is 5.32 Å². The first-order valence-electron chi connectivity index (χ1n) is 3.82. The summed E-state index contributed by atoms with van der Waals surface area (Å²) in [6.07, 6.45) is 4.91. The standard InChI is InChI=1S/C10H7F2NO/c1-2-5-13-10(14)7-3-4-8(11)9(12)6-7/h1,3-4,6H,5H2,(H,13,14). The highest BCUT2D eigenvalue weighted by Crippen LogP contribution is 2.08. The van der Waals surface area contributed by atoms with E-state index in [9.17, 15) is 13.6 Å². The third-order valence-corrected chi connectivity index (χ3v) is 1.53. The molecule has 0 radical (unpaired) electrons. The monoisotopic (exact) mass is 195 g/mol. The lowest BCUT2D eigenvalue weighted by molar-refractivity contribution is 0.0958. The zero-order chi connectivity index (χ0) is 10.6. The van der Waals surface area contributed by atoms with Gasteiger partial charge in [0, 0.05) is 5.56 Å². The fraction of sp³-hybridized carbons (Fsp3) is 0.100. The van der Waals surface area contributed by atoms with Crippen LogP contribution >= 0.6 is 0 Å². The predicted molar refractivity (Wildman–Crippen MR) is 47.5 cm³/mol. The van der Waals surface area contributed by atoms with E-state index in [2.05, 4.69) is 11.2 Å². The SMILES string of the molecule is C#CCNC(=O)c1ccc(F)c(F)c1. The summed E-state index contributed by atoms with van der Waals surface area (Å²) in [6, 6.07) is 2.89. The van der Waals surface area contributed by atoms with E-state index in [-0.39, 0.29) is 12.1 Å². The van der Waals surface area contributed by atoms with Crippen molar-refractivity contribution in [3.05, 3.63) is 35.4 Å². The molecule has 0 fully saturated rings. The van der Waals surface area contributed by atoms with Crippen molar-refractivity contribution >= 4 is 5.91 Å². The highest BCUT2D eigenvalue weighted by molar-refractivity contribution is 5.94. The number of amides is 1. The third-order valence-electron chi connectivity index (χ3n) is 1.53. The van der Waals surface area contributed by atoms with Gasteiger partial charge in [0.15, 0.2) is 11.6 Å². The van der Waals surface area contributed by atoms with Crippen molar-refractivity contribution in [1.29, 1.82) is 0 Å². The van der Waals surface area contributed by atoms with E-state index in [1.807, 2.05) is 0 Å². The van der Waals surface area contributed by atoms with E-state index >= 15 is 0 Å². The Morgan fingerprint density at radius 2 is 2.14 bits per heavy atom. The Bertz CT molecular complexity index is 396. The fourth-order valence-electron chi connectivity index (χ4n) is 0.871. The second-order valence-electron chi connectivity index (χ2n) is 2.52. The molecule has 14 heavy (non-hydrogen) atoms. The van der Waals surface area contributed by atoms with Crippen molar-refractivity contribution in [2.75, 3.05) is 6.54 Å². The summed E-state index contributed by atoms with van der Waals surface area (Å²) in [5.41, 5.74) is 0.0409. The highest BCUT2D eigenvalue weighted by atomic mass is 19.2. The first-order chi connectivity index (χ1) is 6.65. The first-order valence-corrected chi connectivity index (χ1v) is 3.82. The molecule has 0 aliphatic rings. The number of hydrogen-bond acceptors (Lipinski definition) is 1. The molecule has 0 spiro atoms. The largest absolute Gasteiger partial charge is 0.341 e. The summed E-state index contributed by atoms with van der Waals surface area (Å²) < 4.78 is 25.1. The quantitative estimate of drug-likeness (QED) is 0.708. The summed E-state index contributed by atoms with van der Waals surface area (Å²) in [5.74, 6) is -0.376. The second-order valence-corrected chi connectivity index (χ2v) is 2.52. The summed E-state index contributed by atoms with van der Waals surface area (Å²) in [5, 5.41) is 2.33. The molecule has 0 aliphatic heterocycles. The molecule has 0 saturated heterocycles. The second kappa shape index (κ2) is 4.38. The van der Waals surface area contributed by atoms with E-state index < -0.39 is 17.5 Å². The molecule has 0 unspecified atom stereocenters. The van der Waals surface area contributed by atoms with E-state index in [4.69, 9.17) is 6.42 Å². The molecule has 1 aromatic carbocycles. The maximum atomic E-state index is 12.7. The minimum absolute atomic E-state index is 0.0409. The number of benzene rings is 1. The summed E-state index contributed by atoms with van der Waals surface area (Å²) in [4.78, 5) is 11.2. The van der Waals surface area contributed by atoms with Gasteiger partial charge in [0.2, 0.25) is 0 Å². The lowest BCUT2D eigenvalue weighted by Gasteiger charge is -2.01. The molecule has 1 N–H and O–H groups in total. The Balaban J connectivity index is 2.82. The molecule has 0 heterocycles. The average molecular weight is 195 g/mol. The lowest BCUT2D eigenvalue weighted by atomic mass is 10.2. The Kier molecular flexibility index (Phi) is 3.19. The van der Waals surface area contributed by atoms with Gasteiger partial charge in [0.25, 0.3) is 5.91 Å². The Labute approximate surface area is 79.9 Å². The molecule has 1 amide bonds. The summed E-state index contributed by atoms with van der Waals surface area (Å²) in [6.45, 7) is 0.0534. The van der Waals surface area contributed by atoms with Crippen molar-refractivity contribution in [1.82, 2.24) is 5.32 Å². The number of hydrogen-bond donors (Lipinski definition) is 1. The average Bonchev–Trinajstić information content (AvgIpc) is 2.18. The molecule has 0 aromatic heterocycles. The van der Waals surface area contributed by atoms with Crippen molar-refractivity contribution in [3.8, 4) is 12.3 Å². The van der Waals surface area contributed by atoms with Crippen molar-refractivity contribution in [3.63, 3.8) is 0 Å². The molecule has 4 heteroatoms. The maximum Gasteiger partial charge on any atom is 0.252 e.